The van der Waals surface area contributed by atoms with Crippen LogP contribution in [0.25, 0.3) is 0 Å². The van der Waals surface area contributed by atoms with Crippen molar-refractivity contribution in [1.82, 2.24) is 14.7 Å². The van der Waals surface area contributed by atoms with Gasteiger partial charge < -0.3 is 14.7 Å². The van der Waals surface area contributed by atoms with Gasteiger partial charge in [-0.15, -0.1) is 0 Å². The van der Waals surface area contributed by atoms with E-state index in [0.29, 0.717) is 32.8 Å². The highest BCUT2D eigenvalue weighted by Crippen LogP contribution is 2.30. The topological polar surface area (TPSA) is 56.3 Å². The molecule has 1 amide bonds. The number of rotatable bonds is 3. The number of morpholine rings is 1. The molecule has 0 aliphatic carbocycles. The van der Waals surface area contributed by atoms with Gasteiger partial charge in [-0.05, 0) is 0 Å². The summed E-state index contributed by atoms with van der Waals surface area (Å²) >= 11 is 0. The fourth-order valence-corrected chi connectivity index (χ4v) is 3.57. The minimum absolute atomic E-state index is 0.00390. The number of ether oxygens (including phenoxy) is 1. The third kappa shape index (κ3) is 4.17. The van der Waals surface area contributed by atoms with Gasteiger partial charge in [0, 0.05) is 52.1 Å². The molecule has 2 atom stereocenters. The van der Waals surface area contributed by atoms with Gasteiger partial charge >= 0.3 is 0 Å². The van der Waals surface area contributed by atoms with Crippen molar-refractivity contribution >= 4 is 5.91 Å². The van der Waals surface area contributed by atoms with Gasteiger partial charge in [-0.1, -0.05) is 0 Å². The zero-order valence-corrected chi connectivity index (χ0v) is 13.3. The predicted octanol–water partition coefficient (Wildman–Crippen LogP) is -0.379. The Morgan fingerprint density at radius 3 is 2.43 bits per heavy atom. The van der Waals surface area contributed by atoms with Gasteiger partial charge in [0.25, 0.3) is 5.92 Å². The maximum Gasteiger partial charge on any atom is 0.250 e. The molecule has 8 heteroatoms. The first-order valence-corrected chi connectivity index (χ1v) is 8.32. The summed E-state index contributed by atoms with van der Waals surface area (Å²) in [6.07, 6.45) is -0.994. The van der Waals surface area contributed by atoms with Crippen molar-refractivity contribution in [2.75, 3.05) is 59.0 Å². The largest absolute Gasteiger partial charge is 0.390 e. The number of alkyl halides is 2. The van der Waals surface area contributed by atoms with Crippen LogP contribution in [0, 0.1) is 0 Å². The molecule has 1 N–H and O–H groups in total. The van der Waals surface area contributed by atoms with Crippen molar-refractivity contribution in [3.8, 4) is 0 Å². The fourth-order valence-electron chi connectivity index (χ4n) is 3.57. The number of likely N-dealkylation sites (tertiary alicyclic amines) is 2. The van der Waals surface area contributed by atoms with Gasteiger partial charge in [0.15, 0.2) is 0 Å². The van der Waals surface area contributed by atoms with Crippen LogP contribution in [0.3, 0.4) is 0 Å². The Balaban J connectivity index is 1.50. The van der Waals surface area contributed by atoms with E-state index in [2.05, 4.69) is 0 Å². The summed E-state index contributed by atoms with van der Waals surface area (Å²) < 4.78 is 31.8. The molecular weight excluding hydrogens is 308 g/mol. The molecule has 23 heavy (non-hydrogen) atoms. The van der Waals surface area contributed by atoms with Crippen LogP contribution in [0.1, 0.15) is 12.8 Å². The average molecular weight is 333 g/mol. The zero-order chi connectivity index (χ0) is 16.4. The lowest BCUT2D eigenvalue weighted by Crippen LogP contribution is -2.50. The van der Waals surface area contributed by atoms with E-state index in [1.807, 2.05) is 9.80 Å². The van der Waals surface area contributed by atoms with E-state index in [-0.39, 0.29) is 37.9 Å². The summed E-state index contributed by atoms with van der Waals surface area (Å²) in [6, 6.07) is -0.222. The summed E-state index contributed by atoms with van der Waals surface area (Å²) in [4.78, 5) is 18.0. The van der Waals surface area contributed by atoms with Crippen molar-refractivity contribution in [3.63, 3.8) is 0 Å². The van der Waals surface area contributed by atoms with Crippen molar-refractivity contribution < 1.29 is 23.4 Å². The van der Waals surface area contributed by atoms with Crippen LogP contribution in [0.5, 0.6) is 0 Å². The summed E-state index contributed by atoms with van der Waals surface area (Å²) in [5.74, 6) is -2.60. The lowest BCUT2D eigenvalue weighted by Gasteiger charge is -2.36. The number of carbonyl (C=O) groups excluding carboxylic acids is 1. The normalized spacial score (nSPS) is 33.1. The molecule has 3 aliphatic heterocycles. The molecule has 0 spiro atoms. The number of carbonyl (C=O) groups is 1. The number of halogens is 2. The van der Waals surface area contributed by atoms with Crippen molar-refractivity contribution in [1.29, 1.82) is 0 Å². The molecule has 0 saturated carbocycles. The highest BCUT2D eigenvalue weighted by molar-refractivity contribution is 5.78. The van der Waals surface area contributed by atoms with Gasteiger partial charge in [0.1, 0.15) is 0 Å². The van der Waals surface area contributed by atoms with E-state index in [1.54, 1.807) is 4.90 Å². The summed E-state index contributed by atoms with van der Waals surface area (Å²) in [6.45, 7) is 4.37. The van der Waals surface area contributed by atoms with E-state index in [1.165, 1.54) is 0 Å². The minimum Gasteiger partial charge on any atom is -0.390 e. The Kier molecular flexibility index (Phi) is 5.15. The third-order valence-corrected chi connectivity index (χ3v) is 5.07. The van der Waals surface area contributed by atoms with Gasteiger partial charge in [-0.25, -0.2) is 8.78 Å². The number of piperidine rings is 1. The standard InChI is InChI=1S/C15H25F2N3O3/c16-15(17)1-3-19(4-2-15)12-9-20(10-13(12)21)14(22)11-18-5-7-23-8-6-18/h12-13,21H,1-11H2/t12-,13-/m1/s1. The first-order chi connectivity index (χ1) is 10.9. The van der Waals surface area contributed by atoms with E-state index >= 15 is 0 Å². The molecule has 0 aromatic carbocycles. The van der Waals surface area contributed by atoms with Crippen LogP contribution in [-0.4, -0.2) is 103 Å². The van der Waals surface area contributed by atoms with Gasteiger partial charge in [0.05, 0.1) is 31.9 Å². The number of hydrogen-bond donors (Lipinski definition) is 1. The predicted molar refractivity (Wildman–Crippen MR) is 79.4 cm³/mol. The highest BCUT2D eigenvalue weighted by atomic mass is 19.3. The number of hydrogen-bond acceptors (Lipinski definition) is 5. The fraction of sp³-hybridized carbons (Fsp3) is 0.933. The summed E-state index contributed by atoms with van der Waals surface area (Å²) in [5, 5.41) is 10.2. The second-order valence-electron chi connectivity index (χ2n) is 6.71. The molecule has 3 saturated heterocycles. The SMILES string of the molecule is O=C(CN1CCOCC1)N1C[C@@H](O)[C@H](N2CCC(F)(F)CC2)C1. The Morgan fingerprint density at radius 1 is 1.13 bits per heavy atom. The summed E-state index contributed by atoms with van der Waals surface area (Å²) in [7, 11) is 0. The lowest BCUT2D eigenvalue weighted by molar-refractivity contribution is -0.133. The average Bonchev–Trinajstić information content (AvgIpc) is 2.90. The van der Waals surface area contributed by atoms with Crippen molar-refractivity contribution in [2.45, 2.75) is 30.9 Å². The monoisotopic (exact) mass is 333 g/mol. The quantitative estimate of drug-likeness (QED) is 0.763. The molecule has 3 heterocycles. The molecule has 3 fully saturated rings. The van der Waals surface area contributed by atoms with Crippen molar-refractivity contribution in [2.24, 2.45) is 0 Å². The summed E-state index contributed by atoms with van der Waals surface area (Å²) in [5.41, 5.74) is 0. The maximum absolute atomic E-state index is 13.3. The van der Waals surface area contributed by atoms with E-state index in [4.69, 9.17) is 4.74 Å². The molecule has 3 aliphatic rings. The molecular formula is C15H25F2N3O3. The van der Waals surface area contributed by atoms with Gasteiger partial charge in [0.2, 0.25) is 5.91 Å². The van der Waals surface area contributed by atoms with E-state index in [9.17, 15) is 18.7 Å². The first kappa shape index (κ1) is 17.0. The number of β-amino-alcohol motifs (C(OH)–C–C–N with tert-alkyl or cyclic N) is 1. The highest BCUT2D eigenvalue weighted by Gasteiger charge is 2.42. The molecule has 132 valence electrons. The number of aliphatic hydroxyl groups is 1. The molecule has 0 unspecified atom stereocenters. The maximum atomic E-state index is 13.3. The number of aliphatic hydroxyl groups excluding tert-OH is 1. The molecule has 0 bridgehead atoms. The Morgan fingerprint density at radius 2 is 1.78 bits per heavy atom. The number of amides is 1. The zero-order valence-electron chi connectivity index (χ0n) is 13.3. The smallest absolute Gasteiger partial charge is 0.250 e. The molecule has 0 radical (unpaired) electrons. The molecule has 0 aromatic heterocycles. The number of nitrogens with zero attached hydrogens (tertiary/aromatic N) is 3. The Labute approximate surface area is 135 Å². The molecule has 6 nitrogen and oxygen atoms in total. The van der Waals surface area contributed by atoms with Crippen molar-refractivity contribution in [3.05, 3.63) is 0 Å². The van der Waals surface area contributed by atoms with Gasteiger partial charge in [-0.3, -0.25) is 14.6 Å². The van der Waals surface area contributed by atoms with Crippen LogP contribution in [0.4, 0.5) is 8.78 Å². The first-order valence-electron chi connectivity index (χ1n) is 8.32. The van der Waals surface area contributed by atoms with Crippen LogP contribution in [0.2, 0.25) is 0 Å². The lowest BCUT2D eigenvalue weighted by atomic mass is 10.0. The van der Waals surface area contributed by atoms with E-state index in [0.717, 1.165) is 13.1 Å². The third-order valence-electron chi connectivity index (χ3n) is 5.07. The molecule has 0 aromatic rings. The minimum atomic E-state index is -2.59. The van der Waals surface area contributed by atoms with Crippen LogP contribution in [0.15, 0.2) is 0 Å². The second-order valence-corrected chi connectivity index (χ2v) is 6.71. The van der Waals surface area contributed by atoms with Crippen LogP contribution in [-0.2, 0) is 9.53 Å². The molecule has 3 rings (SSSR count). The van der Waals surface area contributed by atoms with Crippen LogP contribution < -0.4 is 0 Å². The Hall–Kier alpha value is -0.830. The Bertz CT molecular complexity index is 422. The van der Waals surface area contributed by atoms with Crippen LogP contribution >= 0.6 is 0 Å². The van der Waals surface area contributed by atoms with E-state index < -0.39 is 12.0 Å². The van der Waals surface area contributed by atoms with Gasteiger partial charge in [-0.2, -0.15) is 0 Å². The second kappa shape index (κ2) is 6.96.